The first-order valence-corrected chi connectivity index (χ1v) is 5.77. The van der Waals surface area contributed by atoms with Crippen molar-refractivity contribution >= 4 is 29.7 Å². The van der Waals surface area contributed by atoms with Crippen molar-refractivity contribution in [3.8, 4) is 0 Å². The van der Waals surface area contributed by atoms with E-state index >= 15 is 0 Å². The summed E-state index contributed by atoms with van der Waals surface area (Å²) < 4.78 is 0. The van der Waals surface area contributed by atoms with Gasteiger partial charge in [0.05, 0.1) is 6.54 Å². The maximum Gasteiger partial charge on any atom is 0.328 e. The van der Waals surface area contributed by atoms with Crippen LogP contribution in [0.4, 0.5) is 4.79 Å². The van der Waals surface area contributed by atoms with Crippen LogP contribution >= 0.6 is 0 Å². The molecule has 3 N–H and O–H groups in total. The summed E-state index contributed by atoms with van der Waals surface area (Å²) in [6.07, 6.45) is 0. The highest BCUT2D eigenvalue weighted by Gasteiger charge is 2.38. The fourth-order valence-corrected chi connectivity index (χ4v) is 1.97. The molecule has 0 aromatic carbocycles. The molecule has 2 rings (SSSR count). The van der Waals surface area contributed by atoms with Crippen molar-refractivity contribution in [1.82, 2.24) is 20.4 Å². The van der Waals surface area contributed by atoms with E-state index in [4.69, 9.17) is 5.11 Å². The molecule has 0 aromatic heterocycles. The molecule has 5 amide bonds. The van der Waals surface area contributed by atoms with Crippen molar-refractivity contribution in [2.24, 2.45) is 0 Å². The topological polar surface area (TPSA) is 136 Å². The molecule has 0 saturated carbocycles. The van der Waals surface area contributed by atoms with Crippen LogP contribution in [-0.2, 0) is 19.2 Å². The van der Waals surface area contributed by atoms with E-state index in [0.717, 1.165) is 4.90 Å². The van der Waals surface area contributed by atoms with Crippen molar-refractivity contribution < 1.29 is 29.1 Å². The van der Waals surface area contributed by atoms with Gasteiger partial charge in [-0.05, 0) is 0 Å². The van der Waals surface area contributed by atoms with Crippen LogP contribution in [0.15, 0.2) is 0 Å². The van der Waals surface area contributed by atoms with Crippen molar-refractivity contribution in [2.45, 2.75) is 6.04 Å². The Kier molecular flexibility index (Phi) is 3.55. The third-order valence-corrected chi connectivity index (χ3v) is 3.02. The van der Waals surface area contributed by atoms with Crippen LogP contribution < -0.4 is 10.6 Å². The number of carbonyl (C=O) groups excluding carboxylic acids is 4. The summed E-state index contributed by atoms with van der Waals surface area (Å²) >= 11 is 0. The van der Waals surface area contributed by atoms with Crippen LogP contribution in [0.3, 0.4) is 0 Å². The number of nitrogens with one attached hydrogen (secondary N) is 2. The Labute approximate surface area is 112 Å². The van der Waals surface area contributed by atoms with E-state index in [1.165, 1.54) is 0 Å². The predicted octanol–water partition coefficient (Wildman–Crippen LogP) is -3.05. The average Bonchev–Trinajstić information content (AvgIpc) is 2.70. The molecule has 0 bridgehead atoms. The number of amides is 5. The van der Waals surface area contributed by atoms with Gasteiger partial charge in [-0.15, -0.1) is 0 Å². The Morgan fingerprint density at radius 1 is 1.25 bits per heavy atom. The van der Waals surface area contributed by atoms with Gasteiger partial charge in [-0.3, -0.25) is 19.3 Å². The lowest BCUT2D eigenvalue weighted by atomic mass is 10.2. The lowest BCUT2D eigenvalue weighted by molar-refractivity contribution is -0.154. The quantitative estimate of drug-likeness (QED) is 0.471. The summed E-state index contributed by atoms with van der Waals surface area (Å²) in [5, 5.41) is 13.6. The van der Waals surface area contributed by atoms with E-state index in [1.54, 1.807) is 0 Å². The van der Waals surface area contributed by atoms with Crippen molar-refractivity contribution in [2.75, 3.05) is 26.2 Å². The Morgan fingerprint density at radius 2 is 1.95 bits per heavy atom. The van der Waals surface area contributed by atoms with Crippen LogP contribution in [0.2, 0.25) is 0 Å². The van der Waals surface area contributed by atoms with E-state index in [9.17, 15) is 24.0 Å². The minimum absolute atomic E-state index is 0.199. The fraction of sp³-hybridized carbons (Fsp3) is 0.500. The number of imide groups is 1. The molecule has 108 valence electrons. The molecule has 0 aromatic rings. The Balaban J connectivity index is 2.09. The van der Waals surface area contributed by atoms with Gasteiger partial charge in [-0.2, -0.15) is 0 Å². The number of aliphatic carboxylic acids is 1. The molecule has 2 aliphatic heterocycles. The lowest BCUT2D eigenvalue weighted by Crippen LogP contribution is -2.61. The smallest absolute Gasteiger partial charge is 0.328 e. The molecule has 10 nitrogen and oxygen atoms in total. The Hall–Kier alpha value is -2.65. The number of hydrogen-bond acceptors (Lipinski definition) is 5. The van der Waals surface area contributed by atoms with Gasteiger partial charge in [-0.1, -0.05) is 0 Å². The summed E-state index contributed by atoms with van der Waals surface area (Å²) in [4.78, 5) is 58.5. The van der Waals surface area contributed by atoms with E-state index in [1.807, 2.05) is 0 Å². The SMILES string of the molecule is O=C1CN(C(=O)CN2C(=O)CNC2=O)C(C(=O)O)CN1. The maximum atomic E-state index is 12.0. The van der Waals surface area contributed by atoms with E-state index < -0.39 is 48.9 Å². The van der Waals surface area contributed by atoms with Gasteiger partial charge in [0.2, 0.25) is 11.8 Å². The van der Waals surface area contributed by atoms with Gasteiger partial charge in [0.1, 0.15) is 19.1 Å². The first kappa shape index (κ1) is 13.8. The summed E-state index contributed by atoms with van der Waals surface area (Å²) in [5.41, 5.74) is 0. The summed E-state index contributed by atoms with van der Waals surface area (Å²) in [6.45, 7) is -1.41. The molecule has 2 fully saturated rings. The predicted molar refractivity (Wildman–Crippen MR) is 61.3 cm³/mol. The fourth-order valence-electron chi connectivity index (χ4n) is 1.97. The van der Waals surface area contributed by atoms with Gasteiger partial charge in [0.15, 0.2) is 0 Å². The average molecular weight is 284 g/mol. The Bertz CT molecular complexity index is 488. The number of hydrogen-bond donors (Lipinski definition) is 3. The molecular weight excluding hydrogens is 272 g/mol. The third kappa shape index (κ3) is 2.53. The highest BCUT2D eigenvalue weighted by Crippen LogP contribution is 2.08. The molecule has 2 aliphatic rings. The van der Waals surface area contributed by atoms with Crippen LogP contribution in [0.25, 0.3) is 0 Å². The van der Waals surface area contributed by atoms with E-state index in [0.29, 0.717) is 4.90 Å². The summed E-state index contributed by atoms with van der Waals surface area (Å²) in [7, 11) is 0. The number of urea groups is 1. The van der Waals surface area contributed by atoms with Crippen molar-refractivity contribution in [3.63, 3.8) is 0 Å². The zero-order valence-electron chi connectivity index (χ0n) is 10.3. The van der Waals surface area contributed by atoms with Crippen LogP contribution in [0.1, 0.15) is 0 Å². The second-order valence-electron chi connectivity index (χ2n) is 4.32. The molecule has 0 radical (unpaired) electrons. The normalized spacial score (nSPS) is 22.6. The second kappa shape index (κ2) is 5.15. The van der Waals surface area contributed by atoms with Gasteiger partial charge in [0.25, 0.3) is 5.91 Å². The molecule has 0 spiro atoms. The lowest BCUT2D eigenvalue weighted by Gasteiger charge is -2.33. The number of piperazine rings is 1. The molecule has 10 heteroatoms. The standard InChI is InChI=1S/C10H12N4O6/c15-6-3-13(5(1-11-6)9(18)19)8(17)4-14-7(16)2-12-10(14)20/h5H,1-4H2,(H,11,15)(H,12,20)(H,18,19). The molecule has 2 heterocycles. The monoisotopic (exact) mass is 284 g/mol. The van der Waals surface area contributed by atoms with Gasteiger partial charge in [0, 0.05) is 6.54 Å². The highest BCUT2D eigenvalue weighted by atomic mass is 16.4. The second-order valence-corrected chi connectivity index (χ2v) is 4.32. The number of carbonyl (C=O) groups is 5. The van der Waals surface area contributed by atoms with Gasteiger partial charge < -0.3 is 20.6 Å². The first-order valence-electron chi connectivity index (χ1n) is 5.77. The van der Waals surface area contributed by atoms with E-state index in [-0.39, 0.29) is 13.1 Å². The number of rotatable bonds is 3. The van der Waals surface area contributed by atoms with Crippen LogP contribution in [0, 0.1) is 0 Å². The van der Waals surface area contributed by atoms with Crippen LogP contribution in [0.5, 0.6) is 0 Å². The molecule has 1 unspecified atom stereocenters. The Morgan fingerprint density at radius 3 is 2.50 bits per heavy atom. The van der Waals surface area contributed by atoms with Crippen molar-refractivity contribution in [3.05, 3.63) is 0 Å². The number of carboxylic acids is 1. The molecule has 0 aliphatic carbocycles. The van der Waals surface area contributed by atoms with Crippen LogP contribution in [-0.4, -0.2) is 76.8 Å². The molecule has 2 saturated heterocycles. The number of carboxylic acid groups (broad SMARTS) is 1. The third-order valence-electron chi connectivity index (χ3n) is 3.02. The van der Waals surface area contributed by atoms with E-state index in [2.05, 4.69) is 10.6 Å². The molecule has 20 heavy (non-hydrogen) atoms. The summed E-state index contributed by atoms with van der Waals surface area (Å²) in [5.74, 6) is -3.10. The minimum atomic E-state index is -1.27. The van der Waals surface area contributed by atoms with Gasteiger partial charge >= 0.3 is 12.0 Å². The van der Waals surface area contributed by atoms with Crippen molar-refractivity contribution in [1.29, 1.82) is 0 Å². The zero-order chi connectivity index (χ0) is 14.9. The largest absolute Gasteiger partial charge is 0.480 e. The van der Waals surface area contributed by atoms with Gasteiger partial charge in [-0.25, -0.2) is 9.59 Å². The first-order chi connectivity index (χ1) is 9.40. The molecule has 1 atom stereocenters. The maximum absolute atomic E-state index is 12.0. The minimum Gasteiger partial charge on any atom is -0.480 e. The highest BCUT2D eigenvalue weighted by molar-refractivity contribution is 6.05. The summed E-state index contributed by atoms with van der Waals surface area (Å²) in [6, 6.07) is -1.92. The number of nitrogens with zero attached hydrogens (tertiary/aromatic N) is 2. The molecular formula is C10H12N4O6. The zero-order valence-corrected chi connectivity index (χ0v) is 10.3.